The van der Waals surface area contributed by atoms with Crippen LogP contribution >= 0.6 is 0 Å². The summed E-state index contributed by atoms with van der Waals surface area (Å²) in [7, 11) is 0. The van der Waals surface area contributed by atoms with Gasteiger partial charge in [0.2, 0.25) is 0 Å². The summed E-state index contributed by atoms with van der Waals surface area (Å²) in [5.41, 5.74) is 0. The number of rotatable bonds is 2. The summed E-state index contributed by atoms with van der Waals surface area (Å²) in [6, 6.07) is -0.0987. The Kier molecular flexibility index (Phi) is 3.67. The molecule has 0 aromatic heterocycles. The van der Waals surface area contributed by atoms with E-state index in [0.717, 1.165) is 6.54 Å². The van der Waals surface area contributed by atoms with Gasteiger partial charge in [0, 0.05) is 6.04 Å². The average molecular weight is 189 g/mol. The minimum absolute atomic E-state index is 0.0300. The van der Waals surface area contributed by atoms with Crippen LogP contribution in [0.15, 0.2) is 0 Å². The highest BCUT2D eigenvalue weighted by molar-refractivity contribution is 4.94. The average Bonchev–Trinajstić information content (AvgIpc) is 2.11. The van der Waals surface area contributed by atoms with E-state index in [4.69, 9.17) is 0 Å². The molecule has 78 valence electrons. The van der Waals surface area contributed by atoms with E-state index >= 15 is 0 Å². The van der Waals surface area contributed by atoms with E-state index in [-0.39, 0.29) is 12.0 Å². The molecule has 0 heterocycles. The SMILES string of the molecule is CCN[C@@H]1C[C@@H](C)[C@@H](O)[C@@H](O)[C@@H]1O. The van der Waals surface area contributed by atoms with Crippen molar-refractivity contribution in [1.82, 2.24) is 5.32 Å². The highest BCUT2D eigenvalue weighted by Gasteiger charge is 2.39. The summed E-state index contributed by atoms with van der Waals surface area (Å²) in [5.74, 6) is 0.0300. The summed E-state index contributed by atoms with van der Waals surface area (Å²) in [4.78, 5) is 0. The van der Waals surface area contributed by atoms with Crippen LogP contribution in [0.5, 0.6) is 0 Å². The van der Waals surface area contributed by atoms with Gasteiger partial charge in [-0.05, 0) is 18.9 Å². The predicted molar refractivity (Wildman–Crippen MR) is 49.3 cm³/mol. The lowest BCUT2D eigenvalue weighted by Gasteiger charge is -2.39. The summed E-state index contributed by atoms with van der Waals surface area (Å²) in [5, 5.41) is 31.6. The maximum absolute atomic E-state index is 9.58. The third kappa shape index (κ3) is 2.20. The molecule has 4 N–H and O–H groups in total. The first-order chi connectivity index (χ1) is 6.07. The van der Waals surface area contributed by atoms with Crippen LogP contribution in [0.2, 0.25) is 0 Å². The van der Waals surface area contributed by atoms with Gasteiger partial charge in [0.15, 0.2) is 0 Å². The van der Waals surface area contributed by atoms with E-state index in [2.05, 4.69) is 5.32 Å². The second kappa shape index (κ2) is 4.37. The van der Waals surface area contributed by atoms with E-state index in [1.807, 2.05) is 13.8 Å². The van der Waals surface area contributed by atoms with Crippen LogP contribution in [0.4, 0.5) is 0 Å². The van der Waals surface area contributed by atoms with Crippen molar-refractivity contribution in [2.75, 3.05) is 6.54 Å². The number of hydrogen-bond acceptors (Lipinski definition) is 4. The lowest BCUT2D eigenvalue weighted by Crippen LogP contribution is -2.57. The number of hydrogen-bond donors (Lipinski definition) is 4. The molecule has 13 heavy (non-hydrogen) atoms. The molecule has 0 aromatic carbocycles. The summed E-state index contributed by atoms with van der Waals surface area (Å²) in [6.45, 7) is 4.59. The molecule has 0 bridgehead atoms. The Morgan fingerprint density at radius 1 is 1.15 bits per heavy atom. The predicted octanol–water partition coefficient (Wildman–Crippen LogP) is -0.913. The third-order valence-electron chi connectivity index (χ3n) is 2.79. The van der Waals surface area contributed by atoms with Gasteiger partial charge in [-0.2, -0.15) is 0 Å². The third-order valence-corrected chi connectivity index (χ3v) is 2.79. The Balaban J connectivity index is 2.59. The Bertz CT molecular complexity index is 165. The second-order valence-electron chi connectivity index (χ2n) is 3.85. The lowest BCUT2D eigenvalue weighted by atomic mass is 9.80. The molecule has 5 atom stereocenters. The molecular formula is C9H19NO3. The molecule has 0 unspecified atom stereocenters. The van der Waals surface area contributed by atoms with Crippen molar-refractivity contribution in [2.24, 2.45) is 5.92 Å². The second-order valence-corrected chi connectivity index (χ2v) is 3.85. The number of likely N-dealkylation sites (N-methyl/N-ethyl adjacent to an activating group) is 1. The highest BCUT2D eigenvalue weighted by Crippen LogP contribution is 2.25. The van der Waals surface area contributed by atoms with Gasteiger partial charge in [-0.15, -0.1) is 0 Å². The maximum Gasteiger partial charge on any atom is 0.107 e. The zero-order chi connectivity index (χ0) is 10.0. The standard InChI is InChI=1S/C9H19NO3/c1-3-10-6-4-5(2)7(11)9(13)8(6)12/h5-13H,3-4H2,1-2H3/t5-,6-,7-,8-,9-/m1/s1. The lowest BCUT2D eigenvalue weighted by molar-refractivity contribution is -0.119. The quantitative estimate of drug-likeness (QED) is 0.454. The fraction of sp³-hybridized carbons (Fsp3) is 1.00. The van der Waals surface area contributed by atoms with Gasteiger partial charge in [-0.3, -0.25) is 0 Å². The van der Waals surface area contributed by atoms with Gasteiger partial charge in [-0.1, -0.05) is 13.8 Å². The fourth-order valence-electron chi connectivity index (χ4n) is 1.92. The van der Waals surface area contributed by atoms with Crippen molar-refractivity contribution in [3.8, 4) is 0 Å². The first-order valence-electron chi connectivity index (χ1n) is 4.85. The van der Waals surface area contributed by atoms with Crippen LogP contribution in [-0.4, -0.2) is 46.2 Å². The van der Waals surface area contributed by atoms with Gasteiger partial charge in [0.25, 0.3) is 0 Å². The van der Waals surface area contributed by atoms with Crippen molar-refractivity contribution in [2.45, 2.75) is 44.6 Å². The number of aliphatic hydroxyl groups is 3. The summed E-state index contributed by atoms with van der Waals surface area (Å²) in [6.07, 6.45) is -1.98. The first-order valence-corrected chi connectivity index (χ1v) is 4.85. The van der Waals surface area contributed by atoms with Crippen molar-refractivity contribution >= 4 is 0 Å². The zero-order valence-electron chi connectivity index (χ0n) is 8.14. The Morgan fingerprint density at radius 3 is 2.31 bits per heavy atom. The van der Waals surface area contributed by atoms with Crippen LogP contribution in [0, 0.1) is 5.92 Å². The zero-order valence-corrected chi connectivity index (χ0v) is 8.14. The molecule has 1 fully saturated rings. The van der Waals surface area contributed by atoms with Gasteiger partial charge in [-0.25, -0.2) is 0 Å². The molecule has 4 nitrogen and oxygen atoms in total. The Labute approximate surface area is 78.6 Å². The maximum atomic E-state index is 9.58. The van der Waals surface area contributed by atoms with Gasteiger partial charge in [0.1, 0.15) is 6.10 Å². The van der Waals surface area contributed by atoms with Crippen molar-refractivity contribution in [3.63, 3.8) is 0 Å². The molecule has 0 aliphatic heterocycles. The Hall–Kier alpha value is -0.160. The molecule has 4 heteroatoms. The highest BCUT2D eigenvalue weighted by atomic mass is 16.4. The van der Waals surface area contributed by atoms with Gasteiger partial charge in [0.05, 0.1) is 12.2 Å². The molecule has 1 aliphatic rings. The monoisotopic (exact) mass is 189 g/mol. The van der Waals surface area contributed by atoms with Crippen LogP contribution in [-0.2, 0) is 0 Å². The summed E-state index contributed by atoms with van der Waals surface area (Å²) >= 11 is 0. The van der Waals surface area contributed by atoms with Crippen LogP contribution in [0.1, 0.15) is 20.3 Å². The van der Waals surface area contributed by atoms with Crippen molar-refractivity contribution in [1.29, 1.82) is 0 Å². The molecule has 0 radical (unpaired) electrons. The van der Waals surface area contributed by atoms with Gasteiger partial charge >= 0.3 is 0 Å². The fourth-order valence-corrected chi connectivity index (χ4v) is 1.92. The number of nitrogens with one attached hydrogen (secondary N) is 1. The minimum atomic E-state index is -1.02. The molecular weight excluding hydrogens is 170 g/mol. The van der Waals surface area contributed by atoms with E-state index in [1.54, 1.807) is 0 Å². The first kappa shape index (κ1) is 10.9. The van der Waals surface area contributed by atoms with Crippen LogP contribution < -0.4 is 5.32 Å². The van der Waals surface area contributed by atoms with Crippen LogP contribution in [0.3, 0.4) is 0 Å². The van der Waals surface area contributed by atoms with E-state index in [9.17, 15) is 15.3 Å². The van der Waals surface area contributed by atoms with Gasteiger partial charge < -0.3 is 20.6 Å². The van der Waals surface area contributed by atoms with E-state index in [1.165, 1.54) is 0 Å². The number of aliphatic hydroxyl groups excluding tert-OH is 3. The summed E-state index contributed by atoms with van der Waals surface area (Å²) < 4.78 is 0. The molecule has 1 aliphatic carbocycles. The minimum Gasteiger partial charge on any atom is -0.390 e. The molecule has 0 aromatic rings. The molecule has 1 rings (SSSR count). The van der Waals surface area contributed by atoms with Crippen molar-refractivity contribution in [3.05, 3.63) is 0 Å². The molecule has 1 saturated carbocycles. The smallest absolute Gasteiger partial charge is 0.107 e. The topological polar surface area (TPSA) is 72.7 Å². The normalized spacial score (nSPS) is 46.4. The molecule has 0 spiro atoms. The van der Waals surface area contributed by atoms with E-state index in [0.29, 0.717) is 6.42 Å². The molecule has 0 amide bonds. The van der Waals surface area contributed by atoms with Crippen LogP contribution in [0.25, 0.3) is 0 Å². The largest absolute Gasteiger partial charge is 0.390 e. The molecule has 0 saturated heterocycles. The van der Waals surface area contributed by atoms with Crippen molar-refractivity contribution < 1.29 is 15.3 Å². The Morgan fingerprint density at radius 2 is 1.77 bits per heavy atom. The van der Waals surface area contributed by atoms with E-state index < -0.39 is 18.3 Å².